The van der Waals surface area contributed by atoms with Gasteiger partial charge in [0.2, 0.25) is 0 Å². The second kappa shape index (κ2) is 8.75. The largest absolute Gasteiger partial charge is 0.465 e. The van der Waals surface area contributed by atoms with Gasteiger partial charge in [-0.05, 0) is 17.5 Å². The van der Waals surface area contributed by atoms with Gasteiger partial charge in [0.25, 0.3) is 0 Å². The summed E-state index contributed by atoms with van der Waals surface area (Å²) in [4.78, 5) is 25.3. The molecule has 0 aliphatic carbocycles. The van der Waals surface area contributed by atoms with Gasteiger partial charge < -0.3 is 20.3 Å². The molecule has 1 heterocycles. The summed E-state index contributed by atoms with van der Waals surface area (Å²) in [5.41, 5.74) is 0.599. The van der Waals surface area contributed by atoms with Crippen LogP contribution in [0.4, 0.5) is 9.59 Å². The molecule has 0 unspecified atom stereocenters. The van der Waals surface area contributed by atoms with Crippen LogP contribution >= 0.6 is 0 Å². The van der Waals surface area contributed by atoms with E-state index in [1.54, 1.807) is 0 Å². The Morgan fingerprint density at radius 2 is 1.68 bits per heavy atom. The first-order valence-corrected chi connectivity index (χ1v) is 9.18. The number of benzene rings is 2. The lowest BCUT2D eigenvalue weighted by Gasteiger charge is -2.39. The van der Waals surface area contributed by atoms with E-state index in [9.17, 15) is 19.8 Å². The minimum absolute atomic E-state index is 0.118. The van der Waals surface area contributed by atoms with Crippen molar-refractivity contribution < 1.29 is 24.5 Å². The van der Waals surface area contributed by atoms with Crippen molar-refractivity contribution in [3.63, 3.8) is 0 Å². The van der Waals surface area contributed by atoms with Crippen LogP contribution in [0.5, 0.6) is 0 Å². The number of carbonyl (C=O) groups is 2. The first kappa shape index (κ1) is 19.7. The Labute approximate surface area is 163 Å². The van der Waals surface area contributed by atoms with Crippen LogP contribution in [0, 0.1) is 0 Å². The molecule has 3 N–H and O–H groups in total. The normalized spacial score (nSPS) is 21.3. The highest BCUT2D eigenvalue weighted by atomic mass is 16.5. The van der Waals surface area contributed by atoms with Crippen molar-refractivity contribution in [2.45, 2.75) is 31.0 Å². The fraction of sp³-hybridized carbons (Fsp3) is 0.333. The quantitative estimate of drug-likeness (QED) is 0.711. The molecule has 2 atom stereocenters. The molecule has 2 aromatic rings. The Hall–Kier alpha value is -3.06. The van der Waals surface area contributed by atoms with Gasteiger partial charge in [0.1, 0.15) is 6.61 Å². The summed E-state index contributed by atoms with van der Waals surface area (Å²) in [6.07, 6.45) is -1.06. The number of hydrogen-bond donors (Lipinski definition) is 3. The van der Waals surface area contributed by atoms with Crippen molar-refractivity contribution in [2.75, 3.05) is 13.2 Å². The smallest absolute Gasteiger partial charge is 0.407 e. The highest BCUT2D eigenvalue weighted by Gasteiger charge is 2.51. The maximum atomic E-state index is 12.3. The average molecular weight is 384 g/mol. The van der Waals surface area contributed by atoms with E-state index in [0.29, 0.717) is 12.8 Å². The van der Waals surface area contributed by atoms with E-state index in [1.807, 2.05) is 60.7 Å². The topological polar surface area (TPSA) is 99.1 Å². The third-order valence-electron chi connectivity index (χ3n) is 5.19. The number of amides is 2. The summed E-state index contributed by atoms with van der Waals surface area (Å²) in [6, 6.07) is 18.1. The van der Waals surface area contributed by atoms with Gasteiger partial charge in [-0.15, -0.1) is 0 Å². The molecule has 28 heavy (non-hydrogen) atoms. The summed E-state index contributed by atoms with van der Waals surface area (Å²) in [7, 11) is 0. The first-order valence-electron chi connectivity index (χ1n) is 9.18. The number of rotatable bonds is 6. The average Bonchev–Trinajstić information content (AvgIpc) is 3.06. The molecule has 1 saturated heterocycles. The lowest BCUT2D eigenvalue weighted by atomic mass is 9.85. The van der Waals surface area contributed by atoms with Crippen LogP contribution < -0.4 is 5.32 Å². The fourth-order valence-electron chi connectivity index (χ4n) is 3.76. The van der Waals surface area contributed by atoms with Gasteiger partial charge in [-0.1, -0.05) is 60.7 Å². The number of hydrogen-bond acceptors (Lipinski definition) is 4. The number of ether oxygens (including phenoxy) is 1. The maximum absolute atomic E-state index is 12.3. The standard InChI is InChI=1S/C21H24N2O5/c24-15-21(13-16-7-3-1-4-8-16)18(11-12-23(21)20(26)27)22-19(25)28-14-17-9-5-2-6-10-17/h1-10,18,24H,11-15H2,(H,22,25)(H,26,27)/t18-,21-/m1/s1. The van der Waals surface area contributed by atoms with Gasteiger partial charge >= 0.3 is 12.2 Å². The summed E-state index contributed by atoms with van der Waals surface area (Å²) in [5.74, 6) is 0. The van der Waals surface area contributed by atoms with E-state index in [4.69, 9.17) is 4.74 Å². The van der Waals surface area contributed by atoms with E-state index in [2.05, 4.69) is 5.32 Å². The van der Waals surface area contributed by atoms with E-state index in [1.165, 1.54) is 4.90 Å². The number of carbonyl (C=O) groups excluding carboxylic acids is 1. The number of likely N-dealkylation sites (tertiary alicyclic amines) is 1. The third kappa shape index (κ3) is 4.26. The number of nitrogens with zero attached hydrogens (tertiary/aromatic N) is 1. The zero-order chi connectivity index (χ0) is 20.0. The Balaban J connectivity index is 1.73. The van der Waals surface area contributed by atoms with Gasteiger partial charge in [-0.25, -0.2) is 9.59 Å². The van der Waals surface area contributed by atoms with Crippen LogP contribution in [-0.4, -0.2) is 52.0 Å². The van der Waals surface area contributed by atoms with Crippen molar-refractivity contribution in [3.05, 3.63) is 71.8 Å². The molecule has 0 radical (unpaired) electrons. The Bertz CT molecular complexity index is 799. The molecular formula is C21H24N2O5. The van der Waals surface area contributed by atoms with Crippen LogP contribution in [0.15, 0.2) is 60.7 Å². The predicted octanol–water partition coefficient (Wildman–Crippen LogP) is 2.64. The number of alkyl carbamates (subject to hydrolysis) is 1. The van der Waals surface area contributed by atoms with Gasteiger partial charge in [0, 0.05) is 13.0 Å². The molecule has 0 spiro atoms. The molecule has 1 aliphatic rings. The Morgan fingerprint density at radius 3 is 2.25 bits per heavy atom. The Morgan fingerprint density at radius 1 is 1.07 bits per heavy atom. The number of aliphatic hydroxyl groups is 1. The van der Waals surface area contributed by atoms with Crippen LogP contribution in [0.25, 0.3) is 0 Å². The number of aliphatic hydroxyl groups excluding tert-OH is 1. The summed E-state index contributed by atoms with van der Waals surface area (Å²) in [5, 5.41) is 22.6. The zero-order valence-electron chi connectivity index (χ0n) is 15.5. The van der Waals surface area contributed by atoms with Gasteiger partial charge in [0.05, 0.1) is 18.2 Å². The molecule has 148 valence electrons. The third-order valence-corrected chi connectivity index (χ3v) is 5.19. The molecule has 7 heteroatoms. The van der Waals surface area contributed by atoms with Crippen LogP contribution in [0.2, 0.25) is 0 Å². The monoisotopic (exact) mass is 384 g/mol. The molecule has 0 bridgehead atoms. The molecule has 0 saturated carbocycles. The van der Waals surface area contributed by atoms with Crippen LogP contribution in [0.3, 0.4) is 0 Å². The summed E-state index contributed by atoms with van der Waals surface area (Å²) >= 11 is 0. The molecule has 7 nitrogen and oxygen atoms in total. The molecule has 2 aromatic carbocycles. The lowest BCUT2D eigenvalue weighted by molar-refractivity contribution is 0.0437. The van der Waals surface area contributed by atoms with Crippen molar-refractivity contribution in [1.29, 1.82) is 0 Å². The van der Waals surface area contributed by atoms with Gasteiger partial charge in [0.15, 0.2) is 0 Å². The number of nitrogens with one attached hydrogen (secondary N) is 1. The minimum Gasteiger partial charge on any atom is -0.465 e. The second-order valence-electron chi connectivity index (χ2n) is 6.91. The first-order chi connectivity index (χ1) is 13.5. The highest BCUT2D eigenvalue weighted by molar-refractivity contribution is 5.70. The molecular weight excluding hydrogens is 360 g/mol. The van der Waals surface area contributed by atoms with Crippen LogP contribution in [-0.2, 0) is 17.8 Å². The van der Waals surface area contributed by atoms with E-state index < -0.39 is 30.4 Å². The molecule has 0 aromatic heterocycles. The fourth-order valence-corrected chi connectivity index (χ4v) is 3.76. The van der Waals surface area contributed by atoms with Crippen LogP contribution in [0.1, 0.15) is 17.5 Å². The van der Waals surface area contributed by atoms with Gasteiger partial charge in [-0.3, -0.25) is 4.90 Å². The summed E-state index contributed by atoms with van der Waals surface area (Å²) < 4.78 is 5.28. The minimum atomic E-state index is -1.14. The molecule has 2 amide bonds. The Kier molecular flexibility index (Phi) is 6.16. The zero-order valence-corrected chi connectivity index (χ0v) is 15.5. The second-order valence-corrected chi connectivity index (χ2v) is 6.91. The van der Waals surface area contributed by atoms with E-state index >= 15 is 0 Å². The number of carboxylic acid groups (broad SMARTS) is 1. The van der Waals surface area contributed by atoms with Crippen molar-refractivity contribution in [2.24, 2.45) is 0 Å². The predicted molar refractivity (Wildman–Crippen MR) is 103 cm³/mol. The molecule has 1 aliphatic heterocycles. The SMILES string of the molecule is O=C(N[C@@H]1CCN(C(=O)O)[C@@]1(CO)Cc1ccccc1)OCc1ccccc1. The maximum Gasteiger partial charge on any atom is 0.407 e. The van der Waals surface area contributed by atoms with Crippen molar-refractivity contribution in [3.8, 4) is 0 Å². The van der Waals surface area contributed by atoms with Crippen molar-refractivity contribution in [1.82, 2.24) is 10.2 Å². The van der Waals surface area contributed by atoms with E-state index in [0.717, 1.165) is 11.1 Å². The highest BCUT2D eigenvalue weighted by Crippen LogP contribution is 2.33. The van der Waals surface area contributed by atoms with Crippen molar-refractivity contribution >= 4 is 12.2 Å². The summed E-state index contributed by atoms with van der Waals surface area (Å²) in [6.45, 7) is -0.0585. The van der Waals surface area contributed by atoms with E-state index in [-0.39, 0.29) is 13.2 Å². The van der Waals surface area contributed by atoms with Gasteiger partial charge in [-0.2, -0.15) is 0 Å². The molecule has 3 rings (SSSR count). The lowest BCUT2D eigenvalue weighted by Crippen LogP contribution is -2.61. The molecule has 1 fully saturated rings.